The molecule has 0 fully saturated rings. The van der Waals surface area contributed by atoms with Gasteiger partial charge < -0.3 is 14.6 Å². The molecule has 0 atom stereocenters. The molecule has 0 unspecified atom stereocenters. The van der Waals surface area contributed by atoms with Crippen LogP contribution in [0.5, 0.6) is 5.75 Å². The van der Waals surface area contributed by atoms with Gasteiger partial charge in [-0.1, -0.05) is 24.2 Å². The summed E-state index contributed by atoms with van der Waals surface area (Å²) in [6, 6.07) is 7.88. The Morgan fingerprint density at radius 2 is 2.00 bits per heavy atom. The van der Waals surface area contributed by atoms with Crippen molar-refractivity contribution in [1.82, 2.24) is 14.9 Å². The predicted molar refractivity (Wildman–Crippen MR) is 97.3 cm³/mol. The average molecular weight is 354 g/mol. The van der Waals surface area contributed by atoms with Crippen molar-refractivity contribution in [3.63, 3.8) is 0 Å². The molecule has 3 rings (SSSR count). The third kappa shape index (κ3) is 3.77. The second-order valence-corrected chi connectivity index (χ2v) is 6.11. The molecule has 0 aliphatic rings. The molecule has 7 nitrogen and oxygen atoms in total. The highest BCUT2D eigenvalue weighted by Gasteiger charge is 2.21. The van der Waals surface area contributed by atoms with Crippen LogP contribution in [0.3, 0.4) is 0 Å². The van der Waals surface area contributed by atoms with Crippen LogP contribution < -0.4 is 10.1 Å². The molecule has 1 aromatic carbocycles. The number of nitrogens with zero attached hydrogens (tertiary/aromatic N) is 3. The molecule has 2 heterocycles. The Labute approximate surface area is 151 Å². The number of nitrogens with one attached hydrogen (secondary N) is 1. The van der Waals surface area contributed by atoms with Crippen molar-refractivity contribution in [3.05, 3.63) is 58.7 Å². The molecular weight excluding hydrogens is 332 g/mol. The molecular formula is C19H22N4O3. The van der Waals surface area contributed by atoms with Crippen molar-refractivity contribution in [3.8, 4) is 5.75 Å². The van der Waals surface area contributed by atoms with E-state index in [-0.39, 0.29) is 18.2 Å². The molecule has 0 aliphatic carbocycles. The first-order valence-corrected chi connectivity index (χ1v) is 8.46. The summed E-state index contributed by atoms with van der Waals surface area (Å²) in [5.74, 6) is 0.943. The number of benzene rings is 1. The van der Waals surface area contributed by atoms with E-state index in [1.54, 1.807) is 24.9 Å². The van der Waals surface area contributed by atoms with Crippen molar-refractivity contribution >= 4 is 11.6 Å². The Bertz CT molecular complexity index is 910. The van der Waals surface area contributed by atoms with Crippen LogP contribution >= 0.6 is 0 Å². The lowest BCUT2D eigenvalue weighted by Crippen LogP contribution is -2.15. The van der Waals surface area contributed by atoms with Crippen molar-refractivity contribution < 1.29 is 14.1 Å². The smallest absolute Gasteiger partial charge is 0.278 e. The summed E-state index contributed by atoms with van der Waals surface area (Å²) in [6.45, 7) is 5.90. The van der Waals surface area contributed by atoms with Gasteiger partial charge in [0.2, 0.25) is 0 Å². The highest BCUT2D eigenvalue weighted by molar-refractivity contribution is 6.04. The van der Waals surface area contributed by atoms with Crippen molar-refractivity contribution in [2.75, 3.05) is 5.32 Å². The van der Waals surface area contributed by atoms with E-state index in [1.165, 1.54) is 5.56 Å². The van der Waals surface area contributed by atoms with Crippen LogP contribution in [0.4, 0.5) is 5.69 Å². The fourth-order valence-electron chi connectivity index (χ4n) is 2.62. The summed E-state index contributed by atoms with van der Waals surface area (Å²) < 4.78 is 12.6. The quantitative estimate of drug-likeness (QED) is 0.733. The zero-order chi connectivity index (χ0) is 18.7. The maximum Gasteiger partial charge on any atom is 0.278 e. The Hall–Kier alpha value is -3.09. The molecule has 7 heteroatoms. The summed E-state index contributed by atoms with van der Waals surface area (Å²) in [4.78, 5) is 12.6. The first kappa shape index (κ1) is 17.7. The van der Waals surface area contributed by atoms with Crippen LogP contribution in [-0.4, -0.2) is 20.8 Å². The lowest BCUT2D eigenvalue weighted by atomic mass is 10.1. The van der Waals surface area contributed by atoms with Crippen molar-refractivity contribution in [1.29, 1.82) is 0 Å². The number of aromatic nitrogens is 3. The summed E-state index contributed by atoms with van der Waals surface area (Å²) >= 11 is 0. The lowest BCUT2D eigenvalue weighted by Gasteiger charge is -2.07. The van der Waals surface area contributed by atoms with E-state index < -0.39 is 0 Å². The van der Waals surface area contributed by atoms with Crippen LogP contribution in [0, 0.1) is 13.8 Å². The first-order valence-electron chi connectivity index (χ1n) is 8.46. The van der Waals surface area contributed by atoms with Gasteiger partial charge in [0.05, 0.1) is 16.9 Å². The summed E-state index contributed by atoms with van der Waals surface area (Å²) in [5, 5.41) is 10.9. The predicted octanol–water partition coefficient (Wildman–Crippen LogP) is 3.42. The van der Waals surface area contributed by atoms with Gasteiger partial charge in [0, 0.05) is 13.2 Å². The fourth-order valence-corrected chi connectivity index (χ4v) is 2.62. The normalized spacial score (nSPS) is 10.8. The molecule has 0 spiro atoms. The van der Waals surface area contributed by atoms with Crippen LogP contribution in [0.15, 0.2) is 35.0 Å². The number of rotatable bonds is 6. The number of anilines is 1. The number of hydrogen-bond acceptors (Lipinski definition) is 5. The molecule has 0 bridgehead atoms. The number of aryl methyl sites for hydroxylation is 4. The Balaban J connectivity index is 1.73. The summed E-state index contributed by atoms with van der Waals surface area (Å²) in [6.07, 6.45) is 2.72. The standard InChI is InChI=1S/C19H22N4O3/c1-5-14-6-8-15(9-7-14)25-11-16-13(3)26-22-18(16)19(24)20-17-10-23(4)21-12(17)2/h6-10H,5,11H2,1-4H3,(H,20,24). The molecule has 136 valence electrons. The van der Waals surface area contributed by atoms with Gasteiger partial charge in [-0.25, -0.2) is 0 Å². The van der Waals surface area contributed by atoms with Gasteiger partial charge in [0.1, 0.15) is 18.1 Å². The Morgan fingerprint density at radius 1 is 1.27 bits per heavy atom. The number of ether oxygens (including phenoxy) is 1. The average Bonchev–Trinajstić information content (AvgIpc) is 3.15. The topological polar surface area (TPSA) is 82.2 Å². The van der Waals surface area contributed by atoms with E-state index in [0.29, 0.717) is 17.0 Å². The van der Waals surface area contributed by atoms with Gasteiger partial charge in [-0.3, -0.25) is 9.48 Å². The summed E-state index contributed by atoms with van der Waals surface area (Å²) in [7, 11) is 1.80. The monoisotopic (exact) mass is 354 g/mol. The summed E-state index contributed by atoms with van der Waals surface area (Å²) in [5.41, 5.74) is 3.46. The second-order valence-electron chi connectivity index (χ2n) is 6.11. The Kier molecular flexibility index (Phi) is 5.06. The van der Waals surface area contributed by atoms with Gasteiger partial charge in [0.15, 0.2) is 5.69 Å². The maximum atomic E-state index is 12.6. The van der Waals surface area contributed by atoms with Gasteiger partial charge in [-0.05, 0) is 38.0 Å². The molecule has 0 radical (unpaired) electrons. The van der Waals surface area contributed by atoms with Gasteiger partial charge in [-0.2, -0.15) is 5.10 Å². The molecule has 0 saturated carbocycles. The minimum Gasteiger partial charge on any atom is -0.489 e. The number of amides is 1. The second kappa shape index (κ2) is 7.43. The van der Waals surface area contributed by atoms with E-state index >= 15 is 0 Å². The highest BCUT2D eigenvalue weighted by Crippen LogP contribution is 2.20. The van der Waals surface area contributed by atoms with Gasteiger partial charge in [0.25, 0.3) is 5.91 Å². The van der Waals surface area contributed by atoms with Crippen LogP contribution in [-0.2, 0) is 20.1 Å². The van der Waals surface area contributed by atoms with Crippen molar-refractivity contribution in [2.24, 2.45) is 7.05 Å². The third-order valence-corrected chi connectivity index (χ3v) is 4.18. The zero-order valence-corrected chi connectivity index (χ0v) is 15.4. The highest BCUT2D eigenvalue weighted by atomic mass is 16.5. The third-order valence-electron chi connectivity index (χ3n) is 4.18. The van der Waals surface area contributed by atoms with Crippen LogP contribution in [0.25, 0.3) is 0 Å². The zero-order valence-electron chi connectivity index (χ0n) is 15.4. The fraction of sp³-hybridized carbons (Fsp3) is 0.316. The largest absolute Gasteiger partial charge is 0.489 e. The molecule has 0 saturated heterocycles. The Morgan fingerprint density at radius 3 is 2.62 bits per heavy atom. The number of carbonyl (C=O) groups excluding carboxylic acids is 1. The van der Waals surface area contributed by atoms with E-state index in [2.05, 4.69) is 22.5 Å². The van der Waals surface area contributed by atoms with E-state index in [9.17, 15) is 4.79 Å². The SMILES string of the molecule is CCc1ccc(OCc2c(C(=O)Nc3cn(C)nc3C)noc2C)cc1. The number of carbonyl (C=O) groups is 1. The molecule has 2 aromatic heterocycles. The van der Waals surface area contributed by atoms with E-state index in [1.807, 2.05) is 31.2 Å². The van der Waals surface area contributed by atoms with Crippen LogP contribution in [0.2, 0.25) is 0 Å². The van der Waals surface area contributed by atoms with Gasteiger partial charge in [-0.15, -0.1) is 0 Å². The van der Waals surface area contributed by atoms with E-state index in [0.717, 1.165) is 17.9 Å². The molecule has 3 aromatic rings. The van der Waals surface area contributed by atoms with Crippen LogP contribution in [0.1, 0.15) is 40.0 Å². The maximum absolute atomic E-state index is 12.6. The minimum absolute atomic E-state index is 0.204. The van der Waals surface area contributed by atoms with E-state index in [4.69, 9.17) is 9.26 Å². The number of hydrogen-bond donors (Lipinski definition) is 1. The van der Waals surface area contributed by atoms with Crippen molar-refractivity contribution in [2.45, 2.75) is 33.8 Å². The first-order chi connectivity index (χ1) is 12.5. The molecule has 1 amide bonds. The van der Waals surface area contributed by atoms with Gasteiger partial charge >= 0.3 is 0 Å². The molecule has 26 heavy (non-hydrogen) atoms. The minimum atomic E-state index is -0.349. The lowest BCUT2D eigenvalue weighted by molar-refractivity contribution is 0.101. The molecule has 0 aliphatic heterocycles. The molecule has 1 N–H and O–H groups in total.